The summed E-state index contributed by atoms with van der Waals surface area (Å²) in [6.45, 7) is 1.94. The number of para-hydroxylation sites is 2. The average Bonchev–Trinajstić information content (AvgIpc) is 2.96. The van der Waals surface area contributed by atoms with Crippen LogP contribution in [0.3, 0.4) is 0 Å². The third-order valence-electron chi connectivity index (χ3n) is 2.83. The van der Waals surface area contributed by atoms with Gasteiger partial charge in [0.2, 0.25) is 0 Å². The first-order valence-corrected chi connectivity index (χ1v) is 6.91. The minimum atomic E-state index is -1.18. The van der Waals surface area contributed by atoms with Crippen molar-refractivity contribution in [3.63, 3.8) is 0 Å². The molecule has 0 bridgehead atoms. The Morgan fingerprint density at radius 2 is 2.17 bits per heavy atom. The zero-order valence-corrected chi connectivity index (χ0v) is 10.7. The number of imidazole rings is 1. The van der Waals surface area contributed by atoms with Crippen molar-refractivity contribution in [3.8, 4) is 0 Å². The van der Waals surface area contributed by atoms with E-state index in [1.54, 1.807) is 12.5 Å². The molecular weight excluding hydrogens is 248 g/mol. The minimum absolute atomic E-state index is 0.419. The maximum Gasteiger partial charge on any atom is 0.321 e. The summed E-state index contributed by atoms with van der Waals surface area (Å²) in [6, 6.07) is 7.66. The fourth-order valence-corrected chi connectivity index (χ4v) is 2.92. The van der Waals surface area contributed by atoms with Gasteiger partial charge in [0.1, 0.15) is 5.75 Å². The van der Waals surface area contributed by atoms with Gasteiger partial charge in [-0.2, -0.15) is 4.98 Å². The number of hydrogen-bond donors (Lipinski definition) is 1. The number of nitrogens with zero attached hydrogens (tertiary/aromatic N) is 1. The van der Waals surface area contributed by atoms with Gasteiger partial charge in [-0.25, -0.2) is 0 Å². The first kappa shape index (κ1) is 11.4. The van der Waals surface area contributed by atoms with Crippen molar-refractivity contribution in [1.82, 2.24) is 9.97 Å². The van der Waals surface area contributed by atoms with Crippen LogP contribution in [0.15, 0.2) is 46.4 Å². The lowest BCUT2D eigenvalue weighted by molar-refractivity contribution is 0.561. The Kier molecular flexibility index (Phi) is 2.85. The molecule has 2 aromatic heterocycles. The van der Waals surface area contributed by atoms with E-state index >= 15 is 0 Å². The number of aromatic nitrogens is 2. The number of benzene rings is 1. The number of H-pyrrole nitrogens is 1. The summed E-state index contributed by atoms with van der Waals surface area (Å²) < 4.78 is 17.3. The van der Waals surface area contributed by atoms with Crippen LogP contribution in [0.1, 0.15) is 11.1 Å². The van der Waals surface area contributed by atoms with Gasteiger partial charge < -0.3 is 8.97 Å². The Bertz CT molecular complexity index is 641. The molecule has 3 aromatic rings. The molecule has 0 amide bonds. The molecule has 1 aromatic carbocycles. The molecule has 3 rings (SSSR count). The summed E-state index contributed by atoms with van der Waals surface area (Å²) >= 11 is -1.18. The van der Waals surface area contributed by atoms with Crippen LogP contribution in [-0.2, 0) is 16.9 Å². The number of fused-ring (bicyclic) bond motifs is 1. The summed E-state index contributed by atoms with van der Waals surface area (Å²) in [5.74, 6) is 0.419. The fraction of sp³-hybridized carbons (Fsp3) is 0.154. The van der Waals surface area contributed by atoms with Gasteiger partial charge in [0, 0.05) is 16.7 Å². The Labute approximate surface area is 107 Å². The first-order chi connectivity index (χ1) is 8.74. The van der Waals surface area contributed by atoms with Gasteiger partial charge in [-0.1, -0.05) is 12.1 Å². The van der Waals surface area contributed by atoms with E-state index in [1.165, 1.54) is 0 Å². The third-order valence-corrected chi connectivity index (χ3v) is 4.03. The number of rotatable bonds is 3. The maximum absolute atomic E-state index is 12.2. The van der Waals surface area contributed by atoms with Gasteiger partial charge in [0.05, 0.1) is 23.6 Å². The van der Waals surface area contributed by atoms with Crippen molar-refractivity contribution in [1.29, 1.82) is 0 Å². The van der Waals surface area contributed by atoms with Gasteiger partial charge in [-0.3, -0.25) is 4.98 Å². The summed E-state index contributed by atoms with van der Waals surface area (Å²) in [5, 5.41) is 0.511. The second-order valence-electron chi connectivity index (χ2n) is 4.13. The van der Waals surface area contributed by atoms with Gasteiger partial charge in [-0.15, -0.1) is 0 Å². The zero-order valence-electron chi connectivity index (χ0n) is 9.84. The van der Waals surface area contributed by atoms with Crippen molar-refractivity contribution in [3.05, 3.63) is 47.9 Å². The molecule has 92 valence electrons. The fourth-order valence-electron chi connectivity index (χ4n) is 1.78. The number of aromatic amines is 1. The predicted molar refractivity (Wildman–Crippen MR) is 69.7 cm³/mol. The van der Waals surface area contributed by atoms with Crippen LogP contribution in [0.5, 0.6) is 0 Å². The molecule has 1 N–H and O–H groups in total. The number of hydrogen-bond acceptors (Lipinski definition) is 3. The molecular formula is C13H12N2O2S. The molecule has 0 aliphatic rings. The Balaban J connectivity index is 1.88. The SMILES string of the molecule is Cc1cocc1C[S+]([O-])c1nc2ccccc2[nH]1. The molecule has 0 fully saturated rings. The van der Waals surface area contributed by atoms with Crippen molar-refractivity contribution in [2.75, 3.05) is 0 Å². The Morgan fingerprint density at radius 1 is 1.33 bits per heavy atom. The number of furan rings is 1. The van der Waals surface area contributed by atoms with Gasteiger partial charge in [0.15, 0.2) is 0 Å². The molecule has 0 radical (unpaired) electrons. The Hall–Kier alpha value is -1.72. The van der Waals surface area contributed by atoms with E-state index < -0.39 is 11.2 Å². The molecule has 0 saturated heterocycles. The van der Waals surface area contributed by atoms with Crippen LogP contribution in [0.2, 0.25) is 0 Å². The van der Waals surface area contributed by atoms with Crippen LogP contribution >= 0.6 is 0 Å². The van der Waals surface area contributed by atoms with E-state index in [2.05, 4.69) is 9.97 Å². The lowest BCUT2D eigenvalue weighted by Crippen LogP contribution is -2.07. The van der Waals surface area contributed by atoms with E-state index in [-0.39, 0.29) is 0 Å². The predicted octanol–water partition coefficient (Wildman–Crippen LogP) is 2.77. The lowest BCUT2D eigenvalue weighted by Gasteiger charge is -2.05. The highest BCUT2D eigenvalue weighted by Crippen LogP contribution is 2.20. The normalized spacial score (nSPS) is 13.0. The van der Waals surface area contributed by atoms with E-state index in [4.69, 9.17) is 4.42 Å². The topological polar surface area (TPSA) is 64.9 Å². The second-order valence-corrected chi connectivity index (χ2v) is 5.50. The molecule has 2 heterocycles. The standard InChI is InChI=1S/C13H12N2O2S/c1-9-6-17-7-10(9)8-18(16)13-14-11-4-2-3-5-12(11)15-13/h2-7H,8H2,1H3,(H,14,15). The molecule has 0 spiro atoms. The van der Waals surface area contributed by atoms with E-state index in [9.17, 15) is 4.55 Å². The van der Waals surface area contributed by atoms with Crippen LogP contribution in [0.4, 0.5) is 0 Å². The molecule has 18 heavy (non-hydrogen) atoms. The van der Waals surface area contributed by atoms with E-state index in [1.807, 2.05) is 31.2 Å². The molecule has 1 atom stereocenters. The minimum Gasteiger partial charge on any atom is -0.609 e. The van der Waals surface area contributed by atoms with E-state index in [0.29, 0.717) is 10.9 Å². The third kappa shape index (κ3) is 2.02. The van der Waals surface area contributed by atoms with Crippen molar-refractivity contribution < 1.29 is 8.97 Å². The molecule has 4 nitrogen and oxygen atoms in total. The lowest BCUT2D eigenvalue weighted by atomic mass is 10.2. The van der Waals surface area contributed by atoms with E-state index in [0.717, 1.165) is 22.2 Å². The van der Waals surface area contributed by atoms with Crippen LogP contribution in [0.25, 0.3) is 11.0 Å². The largest absolute Gasteiger partial charge is 0.609 e. The first-order valence-electron chi connectivity index (χ1n) is 5.59. The van der Waals surface area contributed by atoms with Crippen LogP contribution < -0.4 is 0 Å². The molecule has 5 heteroatoms. The summed E-state index contributed by atoms with van der Waals surface area (Å²) in [6.07, 6.45) is 3.29. The average molecular weight is 260 g/mol. The van der Waals surface area contributed by atoms with Gasteiger partial charge in [0.25, 0.3) is 0 Å². The molecule has 0 aliphatic heterocycles. The smallest absolute Gasteiger partial charge is 0.321 e. The highest BCUT2D eigenvalue weighted by atomic mass is 32.2. The van der Waals surface area contributed by atoms with Crippen molar-refractivity contribution in [2.24, 2.45) is 0 Å². The molecule has 0 saturated carbocycles. The number of nitrogens with one attached hydrogen (secondary N) is 1. The highest BCUT2D eigenvalue weighted by molar-refractivity contribution is 7.90. The van der Waals surface area contributed by atoms with Crippen LogP contribution in [0, 0.1) is 6.92 Å². The van der Waals surface area contributed by atoms with Crippen molar-refractivity contribution in [2.45, 2.75) is 17.8 Å². The summed E-state index contributed by atoms with van der Waals surface area (Å²) in [7, 11) is 0. The van der Waals surface area contributed by atoms with Crippen molar-refractivity contribution >= 4 is 22.2 Å². The highest BCUT2D eigenvalue weighted by Gasteiger charge is 2.18. The number of aryl methyl sites for hydroxylation is 1. The molecule has 1 unspecified atom stereocenters. The van der Waals surface area contributed by atoms with Gasteiger partial charge >= 0.3 is 5.16 Å². The van der Waals surface area contributed by atoms with Crippen LogP contribution in [-0.4, -0.2) is 14.5 Å². The summed E-state index contributed by atoms with van der Waals surface area (Å²) in [5.41, 5.74) is 3.71. The second kappa shape index (κ2) is 4.51. The maximum atomic E-state index is 12.2. The Morgan fingerprint density at radius 3 is 2.89 bits per heavy atom. The monoisotopic (exact) mass is 260 g/mol. The zero-order chi connectivity index (χ0) is 12.5. The quantitative estimate of drug-likeness (QED) is 0.736. The summed E-state index contributed by atoms with van der Waals surface area (Å²) in [4.78, 5) is 7.42. The molecule has 0 aliphatic carbocycles. The van der Waals surface area contributed by atoms with Gasteiger partial charge in [-0.05, 0) is 24.6 Å².